The van der Waals surface area contributed by atoms with Crippen molar-refractivity contribution in [2.45, 2.75) is 32.3 Å². The minimum atomic E-state index is -1.00. The third kappa shape index (κ3) is 3.46. The fourth-order valence-corrected chi connectivity index (χ4v) is 4.07. The van der Waals surface area contributed by atoms with Crippen LogP contribution in [-0.4, -0.2) is 32.9 Å². The Labute approximate surface area is 176 Å². The van der Waals surface area contributed by atoms with Gasteiger partial charge in [-0.1, -0.05) is 18.2 Å². The van der Waals surface area contributed by atoms with Crippen molar-refractivity contribution in [2.24, 2.45) is 0 Å². The number of imidazole rings is 1. The van der Waals surface area contributed by atoms with E-state index in [9.17, 15) is 14.4 Å². The van der Waals surface area contributed by atoms with Gasteiger partial charge in [0.25, 0.3) is 5.91 Å². The molecule has 8 heteroatoms. The number of nitrogens with zero attached hydrogens (tertiary/aromatic N) is 1. The summed E-state index contributed by atoms with van der Waals surface area (Å²) in [4.78, 5) is 47.1. The van der Waals surface area contributed by atoms with Gasteiger partial charge in [0.1, 0.15) is 0 Å². The molecule has 31 heavy (non-hydrogen) atoms. The van der Waals surface area contributed by atoms with Gasteiger partial charge in [-0.3, -0.25) is 9.78 Å². The van der Waals surface area contributed by atoms with E-state index in [-0.39, 0.29) is 5.69 Å². The van der Waals surface area contributed by atoms with Gasteiger partial charge >= 0.3 is 11.7 Å². The van der Waals surface area contributed by atoms with Crippen molar-refractivity contribution in [3.63, 3.8) is 0 Å². The van der Waals surface area contributed by atoms with Crippen molar-refractivity contribution in [2.75, 3.05) is 5.32 Å². The van der Waals surface area contributed by atoms with E-state index in [2.05, 4.69) is 20.3 Å². The number of pyridine rings is 1. The highest BCUT2D eigenvalue weighted by molar-refractivity contribution is 6.06. The molecule has 0 saturated heterocycles. The van der Waals surface area contributed by atoms with Gasteiger partial charge in [-0.15, -0.1) is 0 Å². The zero-order valence-electron chi connectivity index (χ0n) is 16.8. The number of H-pyrrole nitrogens is 2. The van der Waals surface area contributed by atoms with Gasteiger partial charge in [0.05, 0.1) is 22.1 Å². The molecule has 8 nitrogen and oxygen atoms in total. The van der Waals surface area contributed by atoms with Crippen molar-refractivity contribution in [1.82, 2.24) is 15.0 Å². The number of amides is 1. The Morgan fingerprint density at radius 3 is 2.77 bits per heavy atom. The summed E-state index contributed by atoms with van der Waals surface area (Å²) in [7, 11) is 0. The lowest BCUT2D eigenvalue weighted by molar-refractivity contribution is -0.123. The Kier molecular flexibility index (Phi) is 4.54. The van der Waals surface area contributed by atoms with Crippen molar-refractivity contribution in [1.29, 1.82) is 0 Å². The summed E-state index contributed by atoms with van der Waals surface area (Å²) >= 11 is 0. The number of aromatic amines is 2. The average molecular weight is 416 g/mol. The number of benzene rings is 2. The lowest BCUT2D eigenvalue weighted by Gasteiger charge is -2.16. The first-order chi connectivity index (χ1) is 15.0. The van der Waals surface area contributed by atoms with Crippen LogP contribution in [0.15, 0.2) is 47.3 Å². The SMILES string of the molecule is C[C@H](OC(=O)c1c2c(nc3ccccc13)CCC2)C(=O)Nc1ccc2[nH]c(=O)[nH]c2c1. The molecule has 0 bridgehead atoms. The molecule has 4 aromatic rings. The van der Waals surface area contributed by atoms with Crippen LogP contribution in [0, 0.1) is 0 Å². The first kappa shape index (κ1) is 19.0. The molecule has 0 unspecified atom stereocenters. The molecule has 2 aromatic heterocycles. The number of carbonyl (C=O) groups excluding carboxylic acids is 2. The lowest BCUT2D eigenvalue weighted by Crippen LogP contribution is -2.30. The van der Waals surface area contributed by atoms with E-state index >= 15 is 0 Å². The Bertz CT molecular complexity index is 1400. The predicted octanol–water partition coefficient (Wildman–Crippen LogP) is 3.08. The number of carbonyl (C=O) groups is 2. The Hall–Kier alpha value is -3.94. The van der Waals surface area contributed by atoms with E-state index in [1.54, 1.807) is 18.2 Å². The molecule has 0 aliphatic heterocycles. The van der Waals surface area contributed by atoms with Crippen LogP contribution in [0.4, 0.5) is 5.69 Å². The second-order valence-corrected chi connectivity index (χ2v) is 7.66. The van der Waals surface area contributed by atoms with Crippen LogP contribution < -0.4 is 11.0 Å². The Morgan fingerprint density at radius 1 is 1.10 bits per heavy atom. The minimum Gasteiger partial charge on any atom is -0.449 e. The summed E-state index contributed by atoms with van der Waals surface area (Å²) in [6.07, 6.45) is 1.55. The predicted molar refractivity (Wildman–Crippen MR) is 116 cm³/mol. The maximum atomic E-state index is 13.1. The molecule has 0 fully saturated rings. The van der Waals surface area contributed by atoms with Crippen LogP contribution >= 0.6 is 0 Å². The van der Waals surface area contributed by atoms with Gasteiger partial charge < -0.3 is 20.0 Å². The molecule has 1 aliphatic rings. The molecular formula is C23H20N4O4. The Morgan fingerprint density at radius 2 is 1.90 bits per heavy atom. The van der Waals surface area contributed by atoms with Gasteiger partial charge in [0.2, 0.25) is 0 Å². The van der Waals surface area contributed by atoms with E-state index in [1.807, 2.05) is 24.3 Å². The lowest BCUT2D eigenvalue weighted by atomic mass is 10.0. The van der Waals surface area contributed by atoms with Crippen LogP contribution in [0.25, 0.3) is 21.9 Å². The highest BCUT2D eigenvalue weighted by Gasteiger charge is 2.27. The molecule has 5 rings (SSSR count). The van der Waals surface area contributed by atoms with E-state index in [0.29, 0.717) is 22.3 Å². The molecule has 0 spiro atoms. The third-order valence-corrected chi connectivity index (χ3v) is 5.56. The van der Waals surface area contributed by atoms with Crippen molar-refractivity contribution in [3.8, 4) is 0 Å². The first-order valence-electron chi connectivity index (χ1n) is 10.1. The molecular weight excluding hydrogens is 396 g/mol. The number of aryl methyl sites for hydroxylation is 1. The van der Waals surface area contributed by atoms with Crippen LogP contribution in [0.2, 0.25) is 0 Å². The summed E-state index contributed by atoms with van der Waals surface area (Å²) in [6.45, 7) is 1.54. The molecule has 156 valence electrons. The smallest absolute Gasteiger partial charge is 0.339 e. The van der Waals surface area contributed by atoms with Gasteiger partial charge in [-0.2, -0.15) is 0 Å². The van der Waals surface area contributed by atoms with E-state index in [1.165, 1.54) is 6.92 Å². The van der Waals surface area contributed by atoms with E-state index in [0.717, 1.165) is 41.4 Å². The van der Waals surface area contributed by atoms with Crippen LogP contribution in [0.1, 0.15) is 35.0 Å². The summed E-state index contributed by atoms with van der Waals surface area (Å²) < 4.78 is 5.55. The summed E-state index contributed by atoms with van der Waals surface area (Å²) in [5.41, 5.74) is 4.48. The van der Waals surface area contributed by atoms with Crippen molar-refractivity contribution < 1.29 is 14.3 Å². The van der Waals surface area contributed by atoms with Crippen LogP contribution in [-0.2, 0) is 22.4 Å². The number of aromatic nitrogens is 3. The van der Waals surface area contributed by atoms with Crippen molar-refractivity contribution in [3.05, 3.63) is 69.8 Å². The fourth-order valence-electron chi connectivity index (χ4n) is 4.07. The number of esters is 1. The van der Waals surface area contributed by atoms with Gasteiger partial charge in [0, 0.05) is 16.8 Å². The number of hydrogen-bond donors (Lipinski definition) is 3. The number of ether oxygens (including phenoxy) is 1. The van der Waals surface area contributed by atoms with Crippen LogP contribution in [0.3, 0.4) is 0 Å². The zero-order valence-corrected chi connectivity index (χ0v) is 16.8. The molecule has 0 radical (unpaired) electrons. The second kappa shape index (κ2) is 7.39. The standard InChI is InChI=1S/C23H20N4O4/c1-12(21(28)24-13-9-10-18-19(11-13)27-23(30)26-18)31-22(29)20-14-5-2-3-7-16(14)25-17-8-4-6-15(17)20/h2-3,5,7,9-12H,4,6,8H2,1H3,(H,24,28)(H2,26,27,30)/t12-/m0/s1. The monoisotopic (exact) mass is 416 g/mol. The van der Waals surface area contributed by atoms with Crippen LogP contribution in [0.5, 0.6) is 0 Å². The topological polar surface area (TPSA) is 117 Å². The van der Waals surface area contributed by atoms with Gasteiger partial charge in [-0.05, 0) is 56.0 Å². The van der Waals surface area contributed by atoms with E-state index < -0.39 is 18.0 Å². The maximum absolute atomic E-state index is 13.1. The summed E-state index contributed by atoms with van der Waals surface area (Å²) in [5, 5.41) is 3.46. The summed E-state index contributed by atoms with van der Waals surface area (Å²) in [5.74, 6) is -0.981. The minimum absolute atomic E-state index is 0.321. The number of rotatable bonds is 4. The molecule has 3 N–H and O–H groups in total. The molecule has 2 aromatic carbocycles. The second-order valence-electron chi connectivity index (χ2n) is 7.66. The Balaban J connectivity index is 1.37. The molecule has 0 saturated carbocycles. The van der Waals surface area contributed by atoms with Gasteiger partial charge in [0.15, 0.2) is 6.10 Å². The quantitative estimate of drug-likeness (QED) is 0.442. The normalized spacial score (nSPS) is 13.8. The number of para-hydroxylation sites is 1. The first-order valence-corrected chi connectivity index (χ1v) is 10.1. The molecule has 1 atom stereocenters. The number of fused-ring (bicyclic) bond motifs is 3. The molecule has 1 amide bonds. The number of anilines is 1. The molecule has 1 aliphatic carbocycles. The zero-order chi connectivity index (χ0) is 21.5. The van der Waals surface area contributed by atoms with Gasteiger partial charge in [-0.25, -0.2) is 9.59 Å². The number of hydrogen-bond acceptors (Lipinski definition) is 5. The highest BCUT2D eigenvalue weighted by Crippen LogP contribution is 2.30. The third-order valence-electron chi connectivity index (χ3n) is 5.56. The molecule has 2 heterocycles. The van der Waals surface area contributed by atoms with Crippen molar-refractivity contribution >= 4 is 39.5 Å². The number of nitrogens with one attached hydrogen (secondary N) is 3. The highest BCUT2D eigenvalue weighted by atomic mass is 16.5. The van der Waals surface area contributed by atoms with E-state index in [4.69, 9.17) is 4.74 Å². The maximum Gasteiger partial charge on any atom is 0.339 e. The fraction of sp³-hybridized carbons (Fsp3) is 0.217. The largest absolute Gasteiger partial charge is 0.449 e. The average Bonchev–Trinajstić information content (AvgIpc) is 3.36. The summed E-state index contributed by atoms with van der Waals surface area (Å²) in [6, 6.07) is 12.5.